The predicted molar refractivity (Wildman–Crippen MR) is 104 cm³/mol. The number of hydrogen-bond donors (Lipinski definition) is 5. The minimum Gasteiger partial charge on any atom is -0.476 e. The van der Waals surface area contributed by atoms with Crippen molar-refractivity contribution in [2.24, 2.45) is 0 Å². The van der Waals surface area contributed by atoms with Gasteiger partial charge in [-0.2, -0.15) is 0 Å². The number of fused-ring (bicyclic) bond motifs is 1. The van der Waals surface area contributed by atoms with E-state index in [1.807, 2.05) is 6.92 Å². The monoisotopic (exact) mass is 403 g/mol. The van der Waals surface area contributed by atoms with Crippen molar-refractivity contribution in [3.8, 4) is 5.88 Å². The third kappa shape index (κ3) is 4.61. The first kappa shape index (κ1) is 20.5. The number of nitrogens with one attached hydrogen (secondary N) is 3. The Morgan fingerprint density at radius 1 is 1.34 bits per heavy atom. The molecule has 2 heterocycles. The molecule has 2 aromatic heterocycles. The van der Waals surface area contributed by atoms with Gasteiger partial charge in [0.1, 0.15) is 11.6 Å². The van der Waals surface area contributed by atoms with Crippen LogP contribution in [0.3, 0.4) is 0 Å². The van der Waals surface area contributed by atoms with Crippen LogP contribution in [-0.2, 0) is 6.61 Å². The molecule has 0 fully saturated rings. The zero-order chi connectivity index (χ0) is 21.0. The summed E-state index contributed by atoms with van der Waals surface area (Å²) >= 11 is 0. The number of hydrogen-bond acceptors (Lipinski definition) is 6. The Hall–Kier alpha value is -3.24. The van der Waals surface area contributed by atoms with Crippen LogP contribution < -0.4 is 15.4 Å². The van der Waals surface area contributed by atoms with Crippen LogP contribution in [0.2, 0.25) is 0 Å². The highest BCUT2D eigenvalue weighted by Crippen LogP contribution is 2.28. The number of H-pyrrole nitrogens is 1. The van der Waals surface area contributed by atoms with Crippen molar-refractivity contribution < 1.29 is 24.1 Å². The first-order chi connectivity index (χ1) is 13.9. The molecule has 1 aromatic carbocycles. The maximum Gasteiger partial charge on any atom is 0.320 e. The molecule has 0 aliphatic carbocycles. The van der Waals surface area contributed by atoms with Gasteiger partial charge < -0.3 is 20.3 Å². The number of aliphatic hydroxyl groups excluding tert-OH is 2. The molecule has 10 heteroatoms. The van der Waals surface area contributed by atoms with E-state index in [2.05, 4.69) is 25.8 Å². The molecule has 0 bridgehead atoms. The van der Waals surface area contributed by atoms with Crippen molar-refractivity contribution in [1.82, 2.24) is 20.5 Å². The number of pyridine rings is 1. The summed E-state index contributed by atoms with van der Waals surface area (Å²) in [5.74, 6) is 0.0808. The zero-order valence-electron chi connectivity index (χ0n) is 15.9. The summed E-state index contributed by atoms with van der Waals surface area (Å²) in [4.78, 5) is 16.7. The van der Waals surface area contributed by atoms with Crippen molar-refractivity contribution in [2.75, 3.05) is 11.9 Å². The Labute approximate surface area is 165 Å². The van der Waals surface area contributed by atoms with Crippen molar-refractivity contribution in [2.45, 2.75) is 32.6 Å². The van der Waals surface area contributed by atoms with E-state index in [1.54, 1.807) is 6.07 Å². The molecule has 2 unspecified atom stereocenters. The molecule has 0 radical (unpaired) electrons. The summed E-state index contributed by atoms with van der Waals surface area (Å²) in [6, 6.07) is 5.65. The molecular weight excluding hydrogens is 381 g/mol. The minimum atomic E-state index is -0.920. The molecule has 0 aliphatic heterocycles. The number of rotatable bonds is 7. The summed E-state index contributed by atoms with van der Waals surface area (Å²) in [5.41, 5.74) is 1.37. The molecule has 9 nitrogen and oxygen atoms in total. The lowest BCUT2D eigenvalue weighted by molar-refractivity contribution is 0.148. The molecule has 2 amide bonds. The maximum atomic E-state index is 13.1. The Kier molecular flexibility index (Phi) is 6.25. The van der Waals surface area contributed by atoms with Crippen LogP contribution in [0.5, 0.6) is 5.88 Å². The number of carbonyl (C=O) groups excluding carboxylic acids is 1. The molecule has 3 aromatic rings. The second-order valence-corrected chi connectivity index (χ2v) is 6.36. The molecule has 2 atom stereocenters. The van der Waals surface area contributed by atoms with Crippen molar-refractivity contribution >= 4 is 22.8 Å². The molecule has 29 heavy (non-hydrogen) atoms. The van der Waals surface area contributed by atoms with Crippen LogP contribution in [0, 0.1) is 5.82 Å². The van der Waals surface area contributed by atoms with Crippen LogP contribution in [0.1, 0.15) is 31.1 Å². The SMILES string of the molecule is CCOc1n[nH]c2cc(NC(=O)NC(c3ccc(F)cc3)C(C)O)nc(CO)c12. The van der Waals surface area contributed by atoms with E-state index in [9.17, 15) is 19.4 Å². The van der Waals surface area contributed by atoms with E-state index in [-0.39, 0.29) is 12.4 Å². The quantitative estimate of drug-likeness (QED) is 0.411. The molecule has 0 saturated heterocycles. The van der Waals surface area contributed by atoms with Gasteiger partial charge in [-0.25, -0.2) is 14.2 Å². The Balaban J connectivity index is 1.80. The third-order valence-electron chi connectivity index (χ3n) is 4.26. The summed E-state index contributed by atoms with van der Waals surface area (Å²) in [6.45, 7) is 3.35. The van der Waals surface area contributed by atoms with Crippen molar-refractivity contribution in [3.63, 3.8) is 0 Å². The number of anilines is 1. The number of benzene rings is 1. The average molecular weight is 403 g/mol. The Morgan fingerprint density at radius 2 is 2.07 bits per heavy atom. The van der Waals surface area contributed by atoms with Gasteiger partial charge >= 0.3 is 6.03 Å². The number of aromatic nitrogens is 3. The lowest BCUT2D eigenvalue weighted by Crippen LogP contribution is -2.38. The third-order valence-corrected chi connectivity index (χ3v) is 4.26. The lowest BCUT2D eigenvalue weighted by atomic mass is 10.0. The highest BCUT2D eigenvalue weighted by Gasteiger charge is 2.21. The smallest absolute Gasteiger partial charge is 0.320 e. The number of halogens is 1. The van der Waals surface area contributed by atoms with Gasteiger partial charge in [-0.3, -0.25) is 10.4 Å². The number of ether oxygens (including phenoxy) is 1. The van der Waals surface area contributed by atoms with E-state index >= 15 is 0 Å². The molecule has 5 N–H and O–H groups in total. The van der Waals surface area contributed by atoms with Crippen molar-refractivity contribution in [1.29, 1.82) is 0 Å². The minimum absolute atomic E-state index is 0.175. The highest BCUT2D eigenvalue weighted by atomic mass is 19.1. The van der Waals surface area contributed by atoms with E-state index in [0.29, 0.717) is 34.6 Å². The van der Waals surface area contributed by atoms with Crippen LogP contribution >= 0.6 is 0 Å². The number of nitrogens with zero attached hydrogens (tertiary/aromatic N) is 2. The largest absolute Gasteiger partial charge is 0.476 e. The highest BCUT2D eigenvalue weighted by molar-refractivity contribution is 5.93. The summed E-state index contributed by atoms with van der Waals surface area (Å²) < 4.78 is 18.6. The first-order valence-corrected chi connectivity index (χ1v) is 9.05. The number of aliphatic hydroxyl groups is 2. The van der Waals surface area contributed by atoms with Gasteiger partial charge in [0.2, 0.25) is 5.88 Å². The van der Waals surface area contributed by atoms with Gasteiger partial charge in [0.15, 0.2) is 0 Å². The van der Waals surface area contributed by atoms with Crippen LogP contribution in [-0.4, -0.2) is 44.1 Å². The van der Waals surface area contributed by atoms with Crippen LogP contribution in [0.25, 0.3) is 10.9 Å². The van der Waals surface area contributed by atoms with Crippen LogP contribution in [0.4, 0.5) is 15.0 Å². The Bertz CT molecular complexity index is 990. The van der Waals surface area contributed by atoms with E-state index in [1.165, 1.54) is 31.2 Å². The van der Waals surface area contributed by atoms with Gasteiger partial charge in [-0.15, -0.1) is 5.10 Å². The van der Waals surface area contributed by atoms with E-state index in [4.69, 9.17) is 4.74 Å². The van der Waals surface area contributed by atoms with E-state index in [0.717, 1.165) is 0 Å². The van der Waals surface area contributed by atoms with Crippen LogP contribution in [0.15, 0.2) is 30.3 Å². The maximum absolute atomic E-state index is 13.1. The zero-order valence-corrected chi connectivity index (χ0v) is 15.9. The van der Waals surface area contributed by atoms with Gasteiger partial charge in [0.05, 0.1) is 42.0 Å². The fourth-order valence-corrected chi connectivity index (χ4v) is 2.96. The molecule has 154 valence electrons. The van der Waals surface area contributed by atoms with E-state index < -0.39 is 24.0 Å². The molecule has 0 spiro atoms. The topological polar surface area (TPSA) is 132 Å². The molecule has 3 rings (SSSR count). The second kappa shape index (κ2) is 8.84. The lowest BCUT2D eigenvalue weighted by Gasteiger charge is -2.22. The average Bonchev–Trinajstić information content (AvgIpc) is 3.09. The number of amides is 2. The second-order valence-electron chi connectivity index (χ2n) is 6.36. The summed E-state index contributed by atoms with van der Waals surface area (Å²) in [5, 5.41) is 32.2. The standard InChI is InChI=1S/C19H22FN5O4/c1-3-29-18-16-13(24-25-18)8-15(21-14(16)9-26)22-19(28)23-17(10(2)27)11-4-6-12(20)7-5-11/h4-8,10,17,26-27H,3,9H2,1-2H3,(H,24,25)(H2,21,22,23,28). The van der Waals surface area contributed by atoms with Gasteiger partial charge in [-0.1, -0.05) is 12.1 Å². The normalized spacial score (nSPS) is 13.1. The van der Waals surface area contributed by atoms with Gasteiger partial charge in [0.25, 0.3) is 0 Å². The molecule has 0 aliphatic rings. The van der Waals surface area contributed by atoms with Crippen molar-refractivity contribution in [3.05, 3.63) is 47.4 Å². The number of carbonyl (C=O) groups is 1. The van der Waals surface area contributed by atoms with Gasteiger partial charge in [0, 0.05) is 6.07 Å². The predicted octanol–water partition coefficient (Wildman–Crippen LogP) is 2.23. The van der Waals surface area contributed by atoms with Gasteiger partial charge in [-0.05, 0) is 31.5 Å². The fraction of sp³-hybridized carbons (Fsp3) is 0.316. The summed E-state index contributed by atoms with van der Waals surface area (Å²) in [6.07, 6.45) is -0.920. The first-order valence-electron chi connectivity index (χ1n) is 9.05. The summed E-state index contributed by atoms with van der Waals surface area (Å²) in [7, 11) is 0. The number of aromatic amines is 1. The Morgan fingerprint density at radius 3 is 2.69 bits per heavy atom. The number of urea groups is 1. The molecular formula is C19H22FN5O4. The molecule has 0 saturated carbocycles. The fourth-order valence-electron chi connectivity index (χ4n) is 2.96.